The number of pyridine rings is 2. The van der Waals surface area contributed by atoms with Crippen molar-refractivity contribution in [3.8, 4) is 11.3 Å². The summed E-state index contributed by atoms with van der Waals surface area (Å²) < 4.78 is 0. The minimum atomic E-state index is -0.210. The fourth-order valence-corrected chi connectivity index (χ4v) is 3.71. The number of halogens is 1. The molecule has 0 aliphatic heterocycles. The van der Waals surface area contributed by atoms with E-state index in [1.54, 1.807) is 24.4 Å². The lowest BCUT2D eigenvalue weighted by molar-refractivity contribution is 0.102. The Labute approximate surface area is 178 Å². The predicted octanol–water partition coefficient (Wildman–Crippen LogP) is 6.36. The zero-order valence-corrected chi connectivity index (χ0v) is 16.6. The van der Waals surface area contributed by atoms with Gasteiger partial charge in [-0.3, -0.25) is 9.78 Å². The molecule has 0 fully saturated rings. The average Bonchev–Trinajstić information content (AvgIpc) is 2.79. The van der Waals surface area contributed by atoms with Crippen LogP contribution in [-0.4, -0.2) is 15.9 Å². The van der Waals surface area contributed by atoms with E-state index in [1.807, 2.05) is 66.7 Å². The van der Waals surface area contributed by atoms with Crippen LogP contribution in [0.1, 0.15) is 10.4 Å². The SMILES string of the molecule is O=C(Nc1ccnc2ccc(Cl)cc12)c1cc(-c2ccccc2)nc2ccccc12. The van der Waals surface area contributed by atoms with Gasteiger partial charge in [0, 0.05) is 27.6 Å². The number of anilines is 1. The molecule has 5 rings (SSSR count). The summed E-state index contributed by atoms with van der Waals surface area (Å²) in [4.78, 5) is 22.4. The van der Waals surface area contributed by atoms with E-state index in [1.165, 1.54) is 0 Å². The topological polar surface area (TPSA) is 54.9 Å². The summed E-state index contributed by atoms with van der Waals surface area (Å²) in [6.45, 7) is 0. The molecule has 3 aromatic carbocycles. The van der Waals surface area contributed by atoms with Crippen molar-refractivity contribution >= 4 is 45.0 Å². The first-order chi connectivity index (χ1) is 14.7. The molecule has 0 saturated heterocycles. The van der Waals surface area contributed by atoms with Gasteiger partial charge in [0.1, 0.15) is 0 Å². The van der Waals surface area contributed by atoms with Gasteiger partial charge in [0.05, 0.1) is 28.0 Å². The monoisotopic (exact) mass is 409 g/mol. The molecule has 0 radical (unpaired) electrons. The van der Waals surface area contributed by atoms with Crippen LogP contribution in [0.3, 0.4) is 0 Å². The number of hydrogen-bond acceptors (Lipinski definition) is 3. The number of carbonyl (C=O) groups excluding carboxylic acids is 1. The normalized spacial score (nSPS) is 11.0. The summed E-state index contributed by atoms with van der Waals surface area (Å²) in [6.07, 6.45) is 1.67. The van der Waals surface area contributed by atoms with Gasteiger partial charge in [-0.2, -0.15) is 0 Å². The highest BCUT2D eigenvalue weighted by Crippen LogP contribution is 2.28. The van der Waals surface area contributed by atoms with Gasteiger partial charge in [0.25, 0.3) is 5.91 Å². The summed E-state index contributed by atoms with van der Waals surface area (Å²) in [7, 11) is 0. The summed E-state index contributed by atoms with van der Waals surface area (Å²) in [5.41, 5.74) is 4.47. The fourth-order valence-electron chi connectivity index (χ4n) is 3.54. The molecule has 0 atom stereocenters. The van der Waals surface area contributed by atoms with E-state index in [2.05, 4.69) is 10.3 Å². The Bertz CT molecular complexity index is 1400. The Balaban J connectivity index is 1.62. The molecule has 4 nitrogen and oxygen atoms in total. The summed E-state index contributed by atoms with van der Waals surface area (Å²) >= 11 is 6.16. The van der Waals surface area contributed by atoms with Gasteiger partial charge >= 0.3 is 0 Å². The molecular weight excluding hydrogens is 394 g/mol. The number of rotatable bonds is 3. The molecule has 1 amide bonds. The number of carbonyl (C=O) groups is 1. The van der Waals surface area contributed by atoms with Crippen LogP contribution >= 0.6 is 11.6 Å². The van der Waals surface area contributed by atoms with Crippen LogP contribution in [0.25, 0.3) is 33.1 Å². The second-order valence-corrected chi connectivity index (χ2v) is 7.35. The zero-order valence-electron chi connectivity index (χ0n) is 15.8. The van der Waals surface area contributed by atoms with Crippen LogP contribution in [0.2, 0.25) is 5.02 Å². The Morgan fingerprint density at radius 1 is 0.800 bits per heavy atom. The highest BCUT2D eigenvalue weighted by atomic mass is 35.5. The molecule has 144 valence electrons. The number of aromatic nitrogens is 2. The van der Waals surface area contributed by atoms with Crippen molar-refractivity contribution in [3.05, 3.63) is 102 Å². The fraction of sp³-hybridized carbons (Fsp3) is 0. The lowest BCUT2D eigenvalue weighted by Crippen LogP contribution is -2.13. The van der Waals surface area contributed by atoms with Crippen molar-refractivity contribution in [1.82, 2.24) is 9.97 Å². The van der Waals surface area contributed by atoms with Gasteiger partial charge in [-0.05, 0) is 36.4 Å². The Morgan fingerprint density at radius 2 is 1.60 bits per heavy atom. The minimum absolute atomic E-state index is 0.210. The highest BCUT2D eigenvalue weighted by molar-refractivity contribution is 6.31. The molecule has 1 N–H and O–H groups in total. The van der Waals surface area contributed by atoms with Crippen LogP contribution in [-0.2, 0) is 0 Å². The van der Waals surface area contributed by atoms with Gasteiger partial charge in [-0.25, -0.2) is 4.98 Å². The number of nitrogens with one attached hydrogen (secondary N) is 1. The highest BCUT2D eigenvalue weighted by Gasteiger charge is 2.15. The van der Waals surface area contributed by atoms with Crippen LogP contribution in [0.4, 0.5) is 5.69 Å². The van der Waals surface area contributed by atoms with Gasteiger partial charge in [-0.1, -0.05) is 60.1 Å². The average molecular weight is 410 g/mol. The Kier molecular flexibility index (Phi) is 4.62. The molecule has 0 spiro atoms. The summed E-state index contributed by atoms with van der Waals surface area (Å²) in [5.74, 6) is -0.210. The van der Waals surface area contributed by atoms with Crippen LogP contribution in [0, 0.1) is 0 Å². The maximum atomic E-state index is 13.3. The third-order valence-electron chi connectivity index (χ3n) is 4.98. The van der Waals surface area contributed by atoms with Gasteiger partial charge in [-0.15, -0.1) is 0 Å². The molecule has 5 aromatic rings. The molecule has 5 heteroatoms. The first-order valence-electron chi connectivity index (χ1n) is 9.50. The second-order valence-electron chi connectivity index (χ2n) is 6.91. The number of fused-ring (bicyclic) bond motifs is 2. The molecule has 30 heavy (non-hydrogen) atoms. The number of nitrogens with zero attached hydrogens (tertiary/aromatic N) is 2. The standard InChI is InChI=1S/C25H16ClN3O/c26-17-10-11-21-20(14-17)23(12-13-27-21)29-25(30)19-15-24(16-6-2-1-3-7-16)28-22-9-5-4-8-18(19)22/h1-15H,(H,27,29,30). The predicted molar refractivity (Wildman–Crippen MR) is 122 cm³/mol. The maximum Gasteiger partial charge on any atom is 0.256 e. The van der Waals surface area contributed by atoms with Crippen LogP contribution in [0.5, 0.6) is 0 Å². The number of para-hydroxylation sites is 1. The van der Waals surface area contributed by atoms with Crippen molar-refractivity contribution in [1.29, 1.82) is 0 Å². The van der Waals surface area contributed by atoms with Gasteiger partial charge in [0.15, 0.2) is 0 Å². The van der Waals surface area contributed by atoms with E-state index in [0.717, 1.165) is 33.1 Å². The van der Waals surface area contributed by atoms with E-state index in [-0.39, 0.29) is 5.91 Å². The smallest absolute Gasteiger partial charge is 0.256 e. The molecule has 0 unspecified atom stereocenters. The first kappa shape index (κ1) is 18.3. The lowest BCUT2D eigenvalue weighted by Gasteiger charge is -2.12. The zero-order chi connectivity index (χ0) is 20.5. The summed E-state index contributed by atoms with van der Waals surface area (Å²) in [5, 5.41) is 5.21. The van der Waals surface area contributed by atoms with Gasteiger partial charge < -0.3 is 5.32 Å². The number of benzene rings is 3. The van der Waals surface area contributed by atoms with Crippen LogP contribution < -0.4 is 5.32 Å². The van der Waals surface area contributed by atoms with Crippen molar-refractivity contribution in [2.45, 2.75) is 0 Å². The molecule has 0 aliphatic rings. The third-order valence-corrected chi connectivity index (χ3v) is 5.22. The molecule has 0 bridgehead atoms. The maximum absolute atomic E-state index is 13.3. The van der Waals surface area contributed by atoms with Crippen molar-refractivity contribution in [2.24, 2.45) is 0 Å². The summed E-state index contributed by atoms with van der Waals surface area (Å²) in [6, 6.07) is 26.5. The Morgan fingerprint density at radius 3 is 2.47 bits per heavy atom. The second kappa shape index (κ2) is 7.58. The number of hydrogen-bond donors (Lipinski definition) is 1. The minimum Gasteiger partial charge on any atom is -0.321 e. The van der Waals surface area contributed by atoms with Crippen molar-refractivity contribution in [3.63, 3.8) is 0 Å². The quantitative estimate of drug-likeness (QED) is 0.377. The molecule has 2 aromatic heterocycles. The van der Waals surface area contributed by atoms with E-state index in [0.29, 0.717) is 16.3 Å². The van der Waals surface area contributed by atoms with Crippen molar-refractivity contribution in [2.75, 3.05) is 5.32 Å². The molecule has 0 aliphatic carbocycles. The van der Waals surface area contributed by atoms with E-state index in [4.69, 9.17) is 16.6 Å². The van der Waals surface area contributed by atoms with Crippen LogP contribution in [0.15, 0.2) is 91.1 Å². The van der Waals surface area contributed by atoms with Gasteiger partial charge in [0.2, 0.25) is 0 Å². The van der Waals surface area contributed by atoms with Crippen molar-refractivity contribution < 1.29 is 4.79 Å². The third kappa shape index (κ3) is 3.38. The van der Waals surface area contributed by atoms with E-state index in [9.17, 15) is 4.79 Å². The Hall–Kier alpha value is -3.76. The lowest BCUT2D eigenvalue weighted by atomic mass is 10.0. The number of amides is 1. The van der Waals surface area contributed by atoms with E-state index < -0.39 is 0 Å². The molecule has 2 heterocycles. The first-order valence-corrected chi connectivity index (χ1v) is 9.88. The largest absolute Gasteiger partial charge is 0.321 e. The molecular formula is C25H16ClN3O. The molecule has 0 saturated carbocycles. The van der Waals surface area contributed by atoms with E-state index >= 15 is 0 Å².